The van der Waals surface area contributed by atoms with Gasteiger partial charge in [0.05, 0.1) is 17.3 Å². The molecule has 0 aliphatic carbocycles. The molecule has 0 bridgehead atoms. The zero-order chi connectivity index (χ0) is 14.5. The van der Waals surface area contributed by atoms with Gasteiger partial charge in [-0.15, -0.1) is 0 Å². The first-order valence-corrected chi connectivity index (χ1v) is 7.32. The molecule has 108 valence electrons. The Bertz CT molecular complexity index is 564. The quantitative estimate of drug-likeness (QED) is 0.869. The highest BCUT2D eigenvalue weighted by Crippen LogP contribution is 2.26. The van der Waals surface area contributed by atoms with Gasteiger partial charge in [0.1, 0.15) is 5.75 Å². The first kappa shape index (κ1) is 14.8. The van der Waals surface area contributed by atoms with Crippen LogP contribution in [0.5, 0.6) is 5.75 Å². The van der Waals surface area contributed by atoms with Crippen molar-refractivity contribution in [1.29, 1.82) is 0 Å². The minimum absolute atomic E-state index is 0.164. The predicted octanol–water partition coefficient (Wildman–Crippen LogP) is 3.77. The second kappa shape index (κ2) is 6.71. The summed E-state index contributed by atoms with van der Waals surface area (Å²) < 4.78 is 5.93. The molecular weight excluding hydrogens is 248 g/mol. The van der Waals surface area contributed by atoms with Gasteiger partial charge in [0.15, 0.2) is 0 Å². The molecule has 0 atom stereocenters. The summed E-state index contributed by atoms with van der Waals surface area (Å²) >= 11 is 0. The molecule has 3 heteroatoms. The normalized spacial score (nSPS) is 11.5. The van der Waals surface area contributed by atoms with E-state index in [9.17, 15) is 0 Å². The summed E-state index contributed by atoms with van der Waals surface area (Å²) in [6.45, 7) is 10.3. The number of pyridine rings is 1. The van der Waals surface area contributed by atoms with Gasteiger partial charge in [-0.2, -0.15) is 0 Å². The molecule has 0 saturated heterocycles. The molecule has 3 nitrogen and oxygen atoms in total. The van der Waals surface area contributed by atoms with E-state index < -0.39 is 0 Å². The number of ether oxygens (including phenoxy) is 1. The number of aromatic nitrogens is 1. The van der Waals surface area contributed by atoms with Crippen molar-refractivity contribution in [1.82, 2.24) is 10.3 Å². The third kappa shape index (κ3) is 3.94. The maximum atomic E-state index is 5.93. The molecule has 2 aromatic rings. The Balaban J connectivity index is 2.27. The predicted molar refractivity (Wildman–Crippen MR) is 84.1 cm³/mol. The molecule has 2 rings (SSSR count). The Morgan fingerprint density at radius 3 is 2.60 bits per heavy atom. The molecule has 20 heavy (non-hydrogen) atoms. The van der Waals surface area contributed by atoms with Gasteiger partial charge in [-0.1, -0.05) is 26.0 Å². The highest BCUT2D eigenvalue weighted by molar-refractivity contribution is 5.85. The Labute approximate surface area is 121 Å². The lowest BCUT2D eigenvalue weighted by Crippen LogP contribution is -2.19. The van der Waals surface area contributed by atoms with Crippen LogP contribution in [0.1, 0.15) is 33.4 Å². The van der Waals surface area contributed by atoms with Crippen molar-refractivity contribution >= 4 is 10.9 Å². The molecule has 1 heterocycles. The molecule has 1 aromatic heterocycles. The molecule has 0 aliphatic heterocycles. The Hall–Kier alpha value is -1.61. The van der Waals surface area contributed by atoms with Crippen molar-refractivity contribution in [2.75, 3.05) is 6.54 Å². The smallest absolute Gasteiger partial charge is 0.130 e. The van der Waals surface area contributed by atoms with Crippen LogP contribution in [-0.2, 0) is 6.54 Å². The van der Waals surface area contributed by atoms with Gasteiger partial charge in [0.2, 0.25) is 0 Å². The number of fused-ring (bicyclic) bond motifs is 1. The van der Waals surface area contributed by atoms with Crippen LogP contribution in [0.25, 0.3) is 10.9 Å². The molecule has 0 spiro atoms. The zero-order valence-corrected chi connectivity index (χ0v) is 12.8. The van der Waals surface area contributed by atoms with Crippen molar-refractivity contribution < 1.29 is 4.74 Å². The number of nitrogens with zero attached hydrogens (tertiary/aromatic N) is 1. The summed E-state index contributed by atoms with van der Waals surface area (Å²) in [4.78, 5) is 4.70. The summed E-state index contributed by atoms with van der Waals surface area (Å²) in [6, 6.07) is 10.2. The topological polar surface area (TPSA) is 34.1 Å². The van der Waals surface area contributed by atoms with Crippen LogP contribution in [0.2, 0.25) is 0 Å². The Morgan fingerprint density at radius 1 is 1.15 bits per heavy atom. The summed E-state index contributed by atoms with van der Waals surface area (Å²) in [7, 11) is 0. The van der Waals surface area contributed by atoms with Crippen LogP contribution in [0.4, 0.5) is 0 Å². The van der Waals surface area contributed by atoms with E-state index in [2.05, 4.69) is 31.3 Å². The van der Waals surface area contributed by atoms with E-state index in [1.165, 1.54) is 0 Å². The maximum Gasteiger partial charge on any atom is 0.130 e. The summed E-state index contributed by atoms with van der Waals surface area (Å²) in [6.07, 6.45) is 0.164. The molecular formula is C17H24N2O. The molecule has 0 amide bonds. The Morgan fingerprint density at radius 2 is 1.90 bits per heavy atom. The standard InChI is InChI=1S/C17H24N2O/c1-12(2)10-18-11-14-9-17(20-13(3)4)15-7-5-6-8-16(15)19-14/h5-9,12-13,18H,10-11H2,1-4H3. The monoisotopic (exact) mass is 272 g/mol. The van der Waals surface area contributed by atoms with Crippen LogP contribution >= 0.6 is 0 Å². The minimum atomic E-state index is 0.164. The van der Waals surface area contributed by atoms with Crippen LogP contribution in [0, 0.1) is 5.92 Å². The fourth-order valence-electron chi connectivity index (χ4n) is 2.13. The van der Waals surface area contributed by atoms with Crippen LogP contribution in [0.3, 0.4) is 0 Å². The van der Waals surface area contributed by atoms with Crippen molar-refractivity contribution in [3.63, 3.8) is 0 Å². The average Bonchev–Trinajstić information content (AvgIpc) is 2.37. The van der Waals surface area contributed by atoms with Crippen molar-refractivity contribution in [3.8, 4) is 5.75 Å². The van der Waals surface area contributed by atoms with E-state index in [1.807, 2.05) is 32.0 Å². The number of nitrogens with one attached hydrogen (secondary N) is 1. The fraction of sp³-hybridized carbons (Fsp3) is 0.471. The van der Waals surface area contributed by atoms with E-state index in [-0.39, 0.29) is 6.10 Å². The summed E-state index contributed by atoms with van der Waals surface area (Å²) in [5.74, 6) is 1.56. The summed E-state index contributed by atoms with van der Waals surface area (Å²) in [5.41, 5.74) is 2.02. The van der Waals surface area contributed by atoms with E-state index in [0.29, 0.717) is 5.92 Å². The fourth-order valence-corrected chi connectivity index (χ4v) is 2.13. The Kier molecular flexibility index (Phi) is 4.96. The van der Waals surface area contributed by atoms with E-state index in [4.69, 9.17) is 9.72 Å². The van der Waals surface area contributed by atoms with E-state index >= 15 is 0 Å². The average molecular weight is 272 g/mol. The third-order valence-electron chi connectivity index (χ3n) is 2.95. The van der Waals surface area contributed by atoms with E-state index in [0.717, 1.165) is 35.4 Å². The minimum Gasteiger partial charge on any atom is -0.490 e. The van der Waals surface area contributed by atoms with Gasteiger partial charge in [0, 0.05) is 18.0 Å². The highest BCUT2D eigenvalue weighted by atomic mass is 16.5. The van der Waals surface area contributed by atoms with Crippen LogP contribution in [0.15, 0.2) is 30.3 Å². The lowest BCUT2D eigenvalue weighted by molar-refractivity contribution is 0.245. The second-order valence-electron chi connectivity index (χ2n) is 5.82. The maximum absolute atomic E-state index is 5.93. The van der Waals surface area contributed by atoms with Crippen molar-refractivity contribution in [3.05, 3.63) is 36.0 Å². The van der Waals surface area contributed by atoms with Crippen LogP contribution < -0.4 is 10.1 Å². The molecule has 0 saturated carbocycles. The first-order valence-electron chi connectivity index (χ1n) is 7.32. The second-order valence-corrected chi connectivity index (χ2v) is 5.82. The molecule has 1 N–H and O–H groups in total. The number of hydrogen-bond donors (Lipinski definition) is 1. The van der Waals surface area contributed by atoms with Gasteiger partial charge >= 0.3 is 0 Å². The van der Waals surface area contributed by atoms with Gasteiger partial charge in [-0.05, 0) is 38.4 Å². The van der Waals surface area contributed by atoms with Gasteiger partial charge < -0.3 is 10.1 Å². The van der Waals surface area contributed by atoms with Gasteiger partial charge in [-0.25, -0.2) is 0 Å². The van der Waals surface area contributed by atoms with Crippen LogP contribution in [-0.4, -0.2) is 17.6 Å². The summed E-state index contributed by atoms with van der Waals surface area (Å²) in [5, 5.41) is 4.51. The van der Waals surface area contributed by atoms with Gasteiger partial charge in [-0.3, -0.25) is 4.98 Å². The number of rotatable bonds is 6. The molecule has 1 aromatic carbocycles. The van der Waals surface area contributed by atoms with Gasteiger partial charge in [0.25, 0.3) is 0 Å². The number of para-hydroxylation sites is 1. The molecule has 0 unspecified atom stereocenters. The first-order chi connectivity index (χ1) is 9.56. The molecule has 0 aliphatic rings. The largest absolute Gasteiger partial charge is 0.490 e. The van der Waals surface area contributed by atoms with Crippen molar-refractivity contribution in [2.45, 2.75) is 40.3 Å². The SMILES string of the molecule is CC(C)CNCc1cc(OC(C)C)c2ccccc2n1. The lowest BCUT2D eigenvalue weighted by Gasteiger charge is -2.14. The molecule has 0 radical (unpaired) electrons. The number of benzene rings is 1. The third-order valence-corrected chi connectivity index (χ3v) is 2.95. The lowest BCUT2D eigenvalue weighted by atomic mass is 10.1. The zero-order valence-electron chi connectivity index (χ0n) is 12.8. The van der Waals surface area contributed by atoms with Crippen molar-refractivity contribution in [2.24, 2.45) is 5.92 Å². The number of hydrogen-bond acceptors (Lipinski definition) is 3. The highest BCUT2D eigenvalue weighted by Gasteiger charge is 2.08. The van der Waals surface area contributed by atoms with E-state index in [1.54, 1.807) is 0 Å². The molecule has 0 fully saturated rings.